The summed E-state index contributed by atoms with van der Waals surface area (Å²) < 4.78 is 18.5. The van der Waals surface area contributed by atoms with Gasteiger partial charge < -0.3 is 15.4 Å². The fraction of sp³-hybridized carbons (Fsp3) is 0.261. The van der Waals surface area contributed by atoms with Crippen molar-refractivity contribution in [2.45, 2.75) is 19.9 Å². The third-order valence-corrected chi connectivity index (χ3v) is 6.95. The largest absolute Gasteiger partial charge is 0.462 e. The van der Waals surface area contributed by atoms with E-state index < -0.39 is 11.9 Å². The molecule has 0 radical (unpaired) electrons. The number of esters is 1. The lowest BCUT2D eigenvalue weighted by Crippen LogP contribution is -2.31. The molecule has 0 fully saturated rings. The lowest BCUT2D eigenvalue weighted by Gasteiger charge is -2.18. The minimum Gasteiger partial charge on any atom is -0.462 e. The Labute approximate surface area is 199 Å². The summed E-state index contributed by atoms with van der Waals surface area (Å²) in [5.41, 5.74) is 1.43. The molecule has 1 unspecified atom stereocenters. The molecule has 10 heteroatoms. The summed E-state index contributed by atoms with van der Waals surface area (Å²) in [6.45, 7) is 3.41. The van der Waals surface area contributed by atoms with Gasteiger partial charge >= 0.3 is 5.97 Å². The Kier molecular flexibility index (Phi) is 8.32. The number of nitrogens with one attached hydrogen (secondary N) is 3. The molecule has 7 nitrogen and oxygen atoms in total. The number of halogens is 1. The zero-order chi connectivity index (χ0) is 24.0. The minimum atomic E-state index is -0.604. The first-order valence-corrected chi connectivity index (χ1v) is 11.9. The van der Waals surface area contributed by atoms with Gasteiger partial charge in [-0.05, 0) is 48.6 Å². The van der Waals surface area contributed by atoms with Gasteiger partial charge in [-0.1, -0.05) is 18.2 Å². The lowest BCUT2D eigenvalue weighted by molar-refractivity contribution is -0.115. The fourth-order valence-corrected chi connectivity index (χ4v) is 5.22. The maximum Gasteiger partial charge on any atom is 0.341 e. The zero-order valence-corrected chi connectivity index (χ0v) is 20.0. The van der Waals surface area contributed by atoms with E-state index in [9.17, 15) is 18.8 Å². The molecule has 0 saturated heterocycles. The summed E-state index contributed by atoms with van der Waals surface area (Å²) >= 11 is 2.54. The number of amides is 2. The first kappa shape index (κ1) is 24.6. The zero-order valence-electron chi connectivity index (χ0n) is 18.4. The third kappa shape index (κ3) is 5.84. The summed E-state index contributed by atoms with van der Waals surface area (Å²) in [5, 5.41) is 10.6. The predicted octanol–water partition coefficient (Wildman–Crippen LogP) is 4.11. The summed E-state index contributed by atoms with van der Waals surface area (Å²) in [7, 11) is 1.49. The maximum atomic E-state index is 13.4. The van der Waals surface area contributed by atoms with E-state index in [1.807, 2.05) is 17.5 Å². The molecule has 1 aromatic carbocycles. The Morgan fingerprint density at radius 3 is 2.48 bits per heavy atom. The van der Waals surface area contributed by atoms with Crippen molar-refractivity contribution in [1.29, 1.82) is 0 Å². The van der Waals surface area contributed by atoms with Crippen LogP contribution in [0.5, 0.6) is 0 Å². The molecule has 3 aromatic rings. The Bertz CT molecular complexity index is 1130. The van der Waals surface area contributed by atoms with Crippen LogP contribution in [0.1, 0.15) is 49.0 Å². The highest BCUT2D eigenvalue weighted by Gasteiger charge is 2.26. The highest BCUT2D eigenvalue weighted by Crippen LogP contribution is 2.34. The van der Waals surface area contributed by atoms with Crippen molar-refractivity contribution in [1.82, 2.24) is 10.6 Å². The van der Waals surface area contributed by atoms with Crippen LogP contribution in [-0.2, 0) is 9.53 Å². The van der Waals surface area contributed by atoms with Crippen LogP contribution in [0.25, 0.3) is 0 Å². The molecule has 33 heavy (non-hydrogen) atoms. The van der Waals surface area contributed by atoms with E-state index in [1.165, 1.54) is 30.5 Å². The van der Waals surface area contributed by atoms with Crippen molar-refractivity contribution in [3.05, 3.63) is 74.0 Å². The van der Waals surface area contributed by atoms with Gasteiger partial charge in [0.25, 0.3) is 5.91 Å². The number of rotatable bonds is 9. The minimum absolute atomic E-state index is 0.0749. The number of hydrogen-bond acceptors (Lipinski definition) is 7. The molecular weight excluding hydrogens is 465 g/mol. The average Bonchev–Trinajstić information content (AvgIpc) is 3.43. The van der Waals surface area contributed by atoms with Crippen LogP contribution < -0.4 is 16.0 Å². The molecule has 3 N–H and O–H groups in total. The maximum absolute atomic E-state index is 13.4. The first-order chi connectivity index (χ1) is 15.8. The SMILES string of the molecule is CCOC(=O)c1c(NC(=O)CNC(c2ccc(F)cc2)c2cccs2)sc(C(=O)NC)c1C. The fourth-order valence-electron chi connectivity index (χ4n) is 3.24. The number of benzene rings is 1. The molecule has 0 bridgehead atoms. The van der Waals surface area contributed by atoms with Crippen LogP contribution in [-0.4, -0.2) is 38.0 Å². The van der Waals surface area contributed by atoms with Crippen molar-refractivity contribution in [3.63, 3.8) is 0 Å². The van der Waals surface area contributed by atoms with E-state index in [4.69, 9.17) is 4.74 Å². The Balaban J connectivity index is 1.79. The topological polar surface area (TPSA) is 96.5 Å². The smallest absolute Gasteiger partial charge is 0.341 e. The summed E-state index contributed by atoms with van der Waals surface area (Å²) in [6, 6.07) is 9.60. The van der Waals surface area contributed by atoms with Crippen molar-refractivity contribution < 1.29 is 23.5 Å². The van der Waals surface area contributed by atoms with Gasteiger partial charge in [0.15, 0.2) is 0 Å². The van der Waals surface area contributed by atoms with Gasteiger partial charge in [-0.3, -0.25) is 14.9 Å². The molecule has 2 amide bonds. The van der Waals surface area contributed by atoms with Gasteiger partial charge in [-0.15, -0.1) is 22.7 Å². The van der Waals surface area contributed by atoms with Crippen LogP contribution in [0.3, 0.4) is 0 Å². The second-order valence-corrected chi connectivity index (χ2v) is 8.99. The average molecular weight is 490 g/mol. The first-order valence-electron chi connectivity index (χ1n) is 10.2. The van der Waals surface area contributed by atoms with Crippen molar-refractivity contribution in [3.8, 4) is 0 Å². The van der Waals surface area contributed by atoms with Gasteiger partial charge in [0.2, 0.25) is 5.91 Å². The highest BCUT2D eigenvalue weighted by molar-refractivity contribution is 7.18. The molecular formula is C23H24FN3O4S2. The molecule has 3 rings (SSSR count). The summed E-state index contributed by atoms with van der Waals surface area (Å²) in [5.74, 6) is -1.69. The normalized spacial score (nSPS) is 11.6. The molecule has 174 valence electrons. The van der Waals surface area contributed by atoms with Gasteiger partial charge in [0.1, 0.15) is 10.8 Å². The summed E-state index contributed by atoms with van der Waals surface area (Å²) in [4.78, 5) is 38.8. The molecule has 0 aliphatic rings. The number of hydrogen-bond donors (Lipinski definition) is 3. The Hall–Kier alpha value is -3.08. The second kappa shape index (κ2) is 11.2. The number of carbonyl (C=O) groups is 3. The molecule has 2 heterocycles. The number of thiophene rings is 2. The van der Waals surface area contributed by atoms with Crippen LogP contribution >= 0.6 is 22.7 Å². The Morgan fingerprint density at radius 2 is 1.88 bits per heavy atom. The van der Waals surface area contributed by atoms with E-state index in [0.29, 0.717) is 10.4 Å². The monoisotopic (exact) mass is 489 g/mol. The van der Waals surface area contributed by atoms with E-state index in [-0.39, 0.29) is 41.5 Å². The van der Waals surface area contributed by atoms with Crippen LogP contribution in [0.15, 0.2) is 41.8 Å². The number of carbonyl (C=O) groups excluding carboxylic acids is 3. The van der Waals surface area contributed by atoms with Crippen molar-refractivity contribution in [2.75, 3.05) is 25.5 Å². The molecule has 2 aromatic heterocycles. The van der Waals surface area contributed by atoms with Crippen molar-refractivity contribution in [2.24, 2.45) is 0 Å². The van der Waals surface area contributed by atoms with Gasteiger partial charge in [-0.2, -0.15) is 0 Å². The Morgan fingerprint density at radius 1 is 1.15 bits per heavy atom. The molecule has 1 atom stereocenters. The molecule has 0 aliphatic heterocycles. The standard InChI is InChI=1S/C23H24FN3O4S2/c1-4-31-23(30)18-13(2)20(21(29)25-3)33-22(18)27-17(28)12-26-19(16-6-5-11-32-16)14-7-9-15(24)10-8-14/h5-11,19,26H,4,12H2,1-3H3,(H,25,29)(H,27,28). The van der Waals surface area contributed by atoms with E-state index in [1.54, 1.807) is 26.0 Å². The van der Waals surface area contributed by atoms with Gasteiger partial charge in [0.05, 0.1) is 29.6 Å². The van der Waals surface area contributed by atoms with Crippen LogP contribution in [0, 0.1) is 12.7 Å². The van der Waals surface area contributed by atoms with E-state index in [0.717, 1.165) is 21.8 Å². The predicted molar refractivity (Wildman–Crippen MR) is 128 cm³/mol. The molecule has 0 saturated carbocycles. The third-order valence-electron chi connectivity index (χ3n) is 4.81. The van der Waals surface area contributed by atoms with E-state index >= 15 is 0 Å². The van der Waals surface area contributed by atoms with Gasteiger partial charge in [0, 0.05) is 11.9 Å². The van der Waals surface area contributed by atoms with E-state index in [2.05, 4.69) is 16.0 Å². The number of ether oxygens (including phenoxy) is 1. The lowest BCUT2D eigenvalue weighted by atomic mass is 10.1. The van der Waals surface area contributed by atoms with Crippen molar-refractivity contribution >= 4 is 45.5 Å². The number of anilines is 1. The second-order valence-electron chi connectivity index (χ2n) is 6.99. The van der Waals surface area contributed by atoms with Crippen LogP contribution in [0.2, 0.25) is 0 Å². The molecule has 0 aliphatic carbocycles. The molecule has 0 spiro atoms. The summed E-state index contributed by atoms with van der Waals surface area (Å²) in [6.07, 6.45) is 0. The highest BCUT2D eigenvalue weighted by atomic mass is 32.1. The van der Waals surface area contributed by atoms with Crippen LogP contribution in [0.4, 0.5) is 9.39 Å². The quantitative estimate of drug-likeness (QED) is 0.393. The van der Waals surface area contributed by atoms with Gasteiger partial charge in [-0.25, -0.2) is 9.18 Å².